The van der Waals surface area contributed by atoms with Gasteiger partial charge in [-0.25, -0.2) is 14.6 Å². The third-order valence-corrected chi connectivity index (χ3v) is 6.93. The van der Waals surface area contributed by atoms with Gasteiger partial charge in [-0.05, 0) is 36.0 Å². The number of aromatic nitrogens is 1. The molecular formula is C23H31N5O2S. The molecule has 1 aliphatic carbocycles. The molecule has 1 aromatic carbocycles. The van der Waals surface area contributed by atoms with E-state index in [1.807, 2.05) is 12.1 Å². The minimum absolute atomic E-state index is 0.0811. The standard InChI is InChI=1S/C23H31N5O2S/c1-23(2,3)15-8-10-17(11-9-15)25-22(30)28-13-12-18-19(14-28)31-21(26-18)27-20(29)24-16-6-4-5-7-16/h8-11,16H,4-7,12-14H2,1-3H3,(H,25,30)(H2,24,26,27,29). The van der Waals surface area contributed by atoms with Crippen molar-refractivity contribution in [1.82, 2.24) is 15.2 Å². The van der Waals surface area contributed by atoms with Gasteiger partial charge in [-0.1, -0.05) is 57.1 Å². The number of thiazole rings is 1. The zero-order valence-corrected chi connectivity index (χ0v) is 19.3. The highest BCUT2D eigenvalue weighted by Gasteiger charge is 2.25. The molecule has 2 aromatic rings. The Balaban J connectivity index is 1.33. The Morgan fingerprint density at radius 3 is 2.48 bits per heavy atom. The molecule has 4 amide bonds. The fraction of sp³-hybridized carbons (Fsp3) is 0.522. The topological polar surface area (TPSA) is 86.4 Å². The first-order valence-electron chi connectivity index (χ1n) is 11.0. The Kier molecular flexibility index (Phi) is 6.18. The van der Waals surface area contributed by atoms with Crippen LogP contribution in [-0.4, -0.2) is 34.5 Å². The molecule has 0 saturated heterocycles. The molecule has 0 radical (unpaired) electrons. The summed E-state index contributed by atoms with van der Waals surface area (Å²) in [6.07, 6.45) is 5.13. The molecule has 4 rings (SSSR count). The van der Waals surface area contributed by atoms with Crippen molar-refractivity contribution < 1.29 is 9.59 Å². The Labute approximate surface area is 187 Å². The number of carbonyl (C=O) groups is 2. The van der Waals surface area contributed by atoms with Gasteiger partial charge in [0.2, 0.25) is 0 Å². The van der Waals surface area contributed by atoms with Crippen molar-refractivity contribution in [2.75, 3.05) is 17.2 Å². The third kappa shape index (κ3) is 5.36. The second-order valence-electron chi connectivity index (χ2n) is 9.40. The van der Waals surface area contributed by atoms with Crippen molar-refractivity contribution in [2.24, 2.45) is 0 Å². The maximum atomic E-state index is 12.8. The highest BCUT2D eigenvalue weighted by Crippen LogP contribution is 2.29. The lowest BCUT2D eigenvalue weighted by atomic mass is 9.87. The number of fused-ring (bicyclic) bond motifs is 1. The number of nitrogens with zero attached hydrogens (tertiary/aromatic N) is 2. The average molecular weight is 442 g/mol. The average Bonchev–Trinajstić information content (AvgIpc) is 3.36. The molecule has 1 fully saturated rings. The minimum Gasteiger partial charge on any atom is -0.335 e. The molecule has 7 nitrogen and oxygen atoms in total. The molecule has 2 heterocycles. The number of benzene rings is 1. The third-order valence-electron chi connectivity index (χ3n) is 5.93. The maximum absolute atomic E-state index is 12.8. The summed E-state index contributed by atoms with van der Waals surface area (Å²) >= 11 is 1.45. The summed E-state index contributed by atoms with van der Waals surface area (Å²) in [5.74, 6) is 0. The highest BCUT2D eigenvalue weighted by molar-refractivity contribution is 7.15. The normalized spacial score (nSPS) is 16.7. The number of rotatable bonds is 3. The van der Waals surface area contributed by atoms with Crippen LogP contribution in [0.25, 0.3) is 0 Å². The van der Waals surface area contributed by atoms with Crippen LogP contribution in [0.15, 0.2) is 24.3 Å². The van der Waals surface area contributed by atoms with Crippen LogP contribution in [0.4, 0.5) is 20.4 Å². The van der Waals surface area contributed by atoms with Gasteiger partial charge in [0.15, 0.2) is 5.13 Å². The van der Waals surface area contributed by atoms with Crippen LogP contribution >= 0.6 is 11.3 Å². The van der Waals surface area contributed by atoms with Crippen LogP contribution in [0.5, 0.6) is 0 Å². The molecule has 1 aromatic heterocycles. The molecule has 0 unspecified atom stereocenters. The first-order chi connectivity index (χ1) is 14.8. The van der Waals surface area contributed by atoms with Gasteiger partial charge in [-0.2, -0.15) is 0 Å². The lowest BCUT2D eigenvalue weighted by molar-refractivity contribution is 0.207. The maximum Gasteiger partial charge on any atom is 0.322 e. The van der Waals surface area contributed by atoms with Crippen molar-refractivity contribution in [2.45, 2.75) is 70.9 Å². The van der Waals surface area contributed by atoms with Crippen LogP contribution in [-0.2, 0) is 18.4 Å². The van der Waals surface area contributed by atoms with E-state index in [4.69, 9.17) is 0 Å². The van der Waals surface area contributed by atoms with Crippen molar-refractivity contribution in [3.8, 4) is 0 Å². The molecule has 2 aliphatic rings. The summed E-state index contributed by atoms with van der Waals surface area (Å²) < 4.78 is 0. The molecule has 166 valence electrons. The van der Waals surface area contributed by atoms with E-state index in [0.717, 1.165) is 29.1 Å². The van der Waals surface area contributed by atoms with E-state index in [9.17, 15) is 9.59 Å². The van der Waals surface area contributed by atoms with Gasteiger partial charge in [0.25, 0.3) is 0 Å². The van der Waals surface area contributed by atoms with Gasteiger partial charge in [0.05, 0.1) is 12.2 Å². The summed E-state index contributed by atoms with van der Waals surface area (Å²) in [7, 11) is 0. The van der Waals surface area contributed by atoms with Gasteiger partial charge in [0, 0.05) is 29.6 Å². The molecular weight excluding hydrogens is 410 g/mol. The minimum atomic E-state index is -0.189. The lowest BCUT2D eigenvalue weighted by Crippen LogP contribution is -2.38. The van der Waals surface area contributed by atoms with Crippen molar-refractivity contribution in [3.05, 3.63) is 40.4 Å². The van der Waals surface area contributed by atoms with Gasteiger partial charge in [-0.3, -0.25) is 5.32 Å². The summed E-state index contributed by atoms with van der Waals surface area (Å²) in [4.78, 5) is 32.4. The van der Waals surface area contributed by atoms with Crippen LogP contribution < -0.4 is 16.0 Å². The largest absolute Gasteiger partial charge is 0.335 e. The zero-order chi connectivity index (χ0) is 22.0. The van der Waals surface area contributed by atoms with Crippen LogP contribution in [0.2, 0.25) is 0 Å². The van der Waals surface area contributed by atoms with E-state index in [2.05, 4.69) is 53.8 Å². The predicted molar refractivity (Wildman–Crippen MR) is 125 cm³/mol. The van der Waals surface area contributed by atoms with Crippen molar-refractivity contribution in [3.63, 3.8) is 0 Å². The predicted octanol–water partition coefficient (Wildman–Crippen LogP) is 5.09. The van der Waals surface area contributed by atoms with E-state index in [0.29, 0.717) is 24.6 Å². The molecule has 0 bridgehead atoms. The zero-order valence-electron chi connectivity index (χ0n) is 18.5. The quantitative estimate of drug-likeness (QED) is 0.620. The number of anilines is 2. The summed E-state index contributed by atoms with van der Waals surface area (Å²) in [6, 6.07) is 7.98. The molecule has 1 aliphatic heterocycles. The van der Waals surface area contributed by atoms with Crippen LogP contribution in [0, 0.1) is 0 Å². The fourth-order valence-corrected chi connectivity index (χ4v) is 5.09. The number of urea groups is 2. The Bertz CT molecular complexity index is 942. The molecule has 3 N–H and O–H groups in total. The molecule has 0 spiro atoms. The van der Waals surface area contributed by atoms with Crippen LogP contribution in [0.1, 0.15) is 62.6 Å². The van der Waals surface area contributed by atoms with E-state index >= 15 is 0 Å². The van der Waals surface area contributed by atoms with Crippen molar-refractivity contribution >= 4 is 34.2 Å². The monoisotopic (exact) mass is 441 g/mol. The molecule has 0 atom stereocenters. The van der Waals surface area contributed by atoms with Crippen LogP contribution in [0.3, 0.4) is 0 Å². The molecule has 8 heteroatoms. The van der Waals surface area contributed by atoms with E-state index in [-0.39, 0.29) is 23.5 Å². The smallest absolute Gasteiger partial charge is 0.322 e. The Hall–Kier alpha value is -2.61. The first kappa shape index (κ1) is 21.6. The number of amides is 4. The van der Waals surface area contributed by atoms with Gasteiger partial charge >= 0.3 is 12.1 Å². The summed E-state index contributed by atoms with van der Waals surface area (Å²) in [5.41, 5.74) is 3.08. The summed E-state index contributed by atoms with van der Waals surface area (Å²) in [6.45, 7) is 7.62. The number of hydrogen-bond donors (Lipinski definition) is 3. The van der Waals surface area contributed by atoms with Gasteiger partial charge in [0.1, 0.15) is 0 Å². The van der Waals surface area contributed by atoms with E-state index in [1.165, 1.54) is 29.7 Å². The molecule has 31 heavy (non-hydrogen) atoms. The number of hydrogen-bond acceptors (Lipinski definition) is 4. The van der Waals surface area contributed by atoms with E-state index in [1.54, 1.807) is 4.90 Å². The second-order valence-corrected chi connectivity index (χ2v) is 10.5. The summed E-state index contributed by atoms with van der Waals surface area (Å²) in [5, 5.41) is 9.47. The molecule has 1 saturated carbocycles. The highest BCUT2D eigenvalue weighted by atomic mass is 32.1. The lowest BCUT2D eigenvalue weighted by Gasteiger charge is -2.26. The second kappa shape index (κ2) is 8.86. The van der Waals surface area contributed by atoms with Crippen molar-refractivity contribution in [1.29, 1.82) is 0 Å². The Morgan fingerprint density at radius 2 is 1.81 bits per heavy atom. The fourth-order valence-electron chi connectivity index (χ4n) is 4.07. The van der Waals surface area contributed by atoms with Gasteiger partial charge < -0.3 is 15.5 Å². The number of carbonyl (C=O) groups excluding carboxylic acids is 2. The Morgan fingerprint density at radius 1 is 1.10 bits per heavy atom. The number of nitrogens with one attached hydrogen (secondary N) is 3. The van der Waals surface area contributed by atoms with Gasteiger partial charge in [-0.15, -0.1) is 0 Å². The van der Waals surface area contributed by atoms with E-state index < -0.39 is 0 Å². The SMILES string of the molecule is CC(C)(C)c1ccc(NC(=O)N2CCc3nc(NC(=O)NC4CCCC4)sc3C2)cc1. The first-order valence-corrected chi connectivity index (χ1v) is 11.8.